The number of nitrogens with one attached hydrogen (secondary N) is 1. The lowest BCUT2D eigenvalue weighted by Crippen LogP contribution is -2.37. The predicted molar refractivity (Wildman–Crippen MR) is 85.6 cm³/mol. The molecular formula is C14H21Cl2N3O. The molecule has 0 aromatic heterocycles. The molecule has 6 heteroatoms. The van der Waals surface area contributed by atoms with E-state index >= 15 is 0 Å². The summed E-state index contributed by atoms with van der Waals surface area (Å²) in [6, 6.07) is 3.54. The molecule has 0 aliphatic carbocycles. The highest BCUT2D eigenvalue weighted by atomic mass is 35.5. The van der Waals surface area contributed by atoms with Crippen molar-refractivity contribution in [2.75, 3.05) is 25.9 Å². The minimum Gasteiger partial charge on any atom is -0.399 e. The van der Waals surface area contributed by atoms with Gasteiger partial charge in [0.05, 0.1) is 15.6 Å². The molecule has 0 aliphatic rings. The Bertz CT molecular complexity index is 480. The number of carbonyl (C=O) groups excluding carboxylic acids is 1. The van der Waals surface area contributed by atoms with Crippen LogP contribution in [0, 0.1) is 0 Å². The zero-order valence-corrected chi connectivity index (χ0v) is 13.6. The SMILES string of the molecule is CCC(C)N(C)CCNC(=O)c1cc(N)cc(Cl)c1Cl. The summed E-state index contributed by atoms with van der Waals surface area (Å²) in [4.78, 5) is 14.3. The smallest absolute Gasteiger partial charge is 0.252 e. The summed E-state index contributed by atoms with van der Waals surface area (Å²) in [6.07, 6.45) is 1.07. The van der Waals surface area contributed by atoms with E-state index in [0.717, 1.165) is 13.0 Å². The second-order valence-corrected chi connectivity index (χ2v) is 5.64. The fourth-order valence-corrected chi connectivity index (χ4v) is 2.17. The molecule has 0 aliphatic heterocycles. The molecule has 20 heavy (non-hydrogen) atoms. The highest BCUT2D eigenvalue weighted by molar-refractivity contribution is 6.44. The zero-order valence-electron chi connectivity index (χ0n) is 12.0. The molecule has 1 aromatic rings. The molecule has 1 aromatic carbocycles. The monoisotopic (exact) mass is 317 g/mol. The highest BCUT2D eigenvalue weighted by Gasteiger charge is 2.14. The molecular weight excluding hydrogens is 297 g/mol. The summed E-state index contributed by atoms with van der Waals surface area (Å²) in [5, 5.41) is 3.34. The van der Waals surface area contributed by atoms with Crippen LogP contribution in [0.3, 0.4) is 0 Å². The predicted octanol–water partition coefficient (Wildman–Crippen LogP) is 3.04. The van der Waals surface area contributed by atoms with Crippen LogP contribution in [0.4, 0.5) is 5.69 Å². The van der Waals surface area contributed by atoms with Crippen LogP contribution in [0.25, 0.3) is 0 Å². The van der Waals surface area contributed by atoms with Crippen LogP contribution in [0.5, 0.6) is 0 Å². The van der Waals surface area contributed by atoms with Crippen LogP contribution in [0.2, 0.25) is 10.0 Å². The summed E-state index contributed by atoms with van der Waals surface area (Å²) in [7, 11) is 2.03. The molecule has 1 amide bonds. The zero-order chi connectivity index (χ0) is 15.3. The van der Waals surface area contributed by atoms with E-state index in [1.54, 1.807) is 0 Å². The molecule has 112 valence electrons. The second kappa shape index (κ2) is 7.72. The Morgan fingerprint density at radius 2 is 2.10 bits per heavy atom. The second-order valence-electron chi connectivity index (χ2n) is 4.86. The Morgan fingerprint density at radius 3 is 2.70 bits per heavy atom. The number of carbonyl (C=O) groups is 1. The number of hydrogen-bond acceptors (Lipinski definition) is 3. The van der Waals surface area contributed by atoms with Gasteiger partial charge in [0.15, 0.2) is 0 Å². The number of hydrogen-bond donors (Lipinski definition) is 2. The summed E-state index contributed by atoms with van der Waals surface area (Å²) in [6.45, 7) is 5.60. The molecule has 0 spiro atoms. The van der Waals surface area contributed by atoms with E-state index in [9.17, 15) is 4.79 Å². The van der Waals surface area contributed by atoms with Crippen molar-refractivity contribution in [3.63, 3.8) is 0 Å². The minimum atomic E-state index is -0.262. The average Bonchev–Trinajstić information content (AvgIpc) is 2.41. The Hall–Kier alpha value is -0.970. The maximum Gasteiger partial charge on any atom is 0.252 e. The summed E-state index contributed by atoms with van der Waals surface area (Å²) in [5.74, 6) is -0.262. The molecule has 0 fully saturated rings. The van der Waals surface area contributed by atoms with Gasteiger partial charge in [-0.3, -0.25) is 4.79 Å². The van der Waals surface area contributed by atoms with Gasteiger partial charge >= 0.3 is 0 Å². The van der Waals surface area contributed by atoms with Crippen molar-refractivity contribution >= 4 is 34.8 Å². The van der Waals surface area contributed by atoms with E-state index < -0.39 is 0 Å². The van der Waals surface area contributed by atoms with Crippen LogP contribution >= 0.6 is 23.2 Å². The molecule has 0 heterocycles. The van der Waals surface area contributed by atoms with Gasteiger partial charge in [-0.25, -0.2) is 0 Å². The molecule has 0 saturated heterocycles. The lowest BCUT2D eigenvalue weighted by molar-refractivity contribution is 0.0947. The minimum absolute atomic E-state index is 0.230. The first kappa shape index (κ1) is 17.1. The number of benzene rings is 1. The number of likely N-dealkylation sites (N-methyl/N-ethyl adjacent to an activating group) is 1. The first-order valence-corrected chi connectivity index (χ1v) is 7.35. The molecule has 1 unspecified atom stereocenters. The average molecular weight is 318 g/mol. The standard InChI is InChI=1S/C14H21Cl2N3O/c1-4-9(2)19(3)6-5-18-14(20)11-7-10(17)8-12(15)13(11)16/h7-9H,4-6,17H2,1-3H3,(H,18,20). The van der Waals surface area contributed by atoms with Crippen molar-refractivity contribution in [1.82, 2.24) is 10.2 Å². The fourth-order valence-electron chi connectivity index (χ4n) is 1.75. The van der Waals surface area contributed by atoms with Crippen molar-refractivity contribution < 1.29 is 4.79 Å². The number of nitrogens with zero attached hydrogens (tertiary/aromatic N) is 1. The Labute approximate surface area is 130 Å². The molecule has 1 rings (SSSR count). The van der Waals surface area contributed by atoms with Gasteiger partial charge in [0, 0.05) is 24.8 Å². The van der Waals surface area contributed by atoms with Crippen LogP contribution in [0.1, 0.15) is 30.6 Å². The van der Waals surface area contributed by atoms with Crippen molar-refractivity contribution in [1.29, 1.82) is 0 Å². The lowest BCUT2D eigenvalue weighted by atomic mass is 10.2. The number of halogens is 2. The number of rotatable bonds is 6. The Kier molecular flexibility index (Phi) is 6.59. The van der Waals surface area contributed by atoms with Crippen molar-refractivity contribution in [3.8, 4) is 0 Å². The number of nitrogens with two attached hydrogens (primary N) is 1. The van der Waals surface area contributed by atoms with Gasteiger partial charge in [-0.1, -0.05) is 30.1 Å². The lowest BCUT2D eigenvalue weighted by Gasteiger charge is -2.23. The number of anilines is 1. The van der Waals surface area contributed by atoms with E-state index in [2.05, 4.69) is 24.1 Å². The topological polar surface area (TPSA) is 58.4 Å². The molecule has 0 bridgehead atoms. The molecule has 4 nitrogen and oxygen atoms in total. The van der Waals surface area contributed by atoms with Crippen LogP contribution in [0.15, 0.2) is 12.1 Å². The van der Waals surface area contributed by atoms with Gasteiger partial charge in [-0.15, -0.1) is 0 Å². The third kappa shape index (κ3) is 4.54. The third-order valence-electron chi connectivity index (χ3n) is 3.39. The molecule has 1 atom stereocenters. The van der Waals surface area contributed by atoms with Gasteiger partial charge < -0.3 is 16.0 Å². The highest BCUT2D eigenvalue weighted by Crippen LogP contribution is 2.28. The maximum atomic E-state index is 12.1. The summed E-state index contributed by atoms with van der Waals surface area (Å²) in [5.41, 5.74) is 6.40. The van der Waals surface area contributed by atoms with Gasteiger partial charge in [0.2, 0.25) is 0 Å². The fraction of sp³-hybridized carbons (Fsp3) is 0.500. The van der Waals surface area contributed by atoms with E-state index in [0.29, 0.717) is 23.8 Å². The Balaban J connectivity index is 2.60. The van der Waals surface area contributed by atoms with Gasteiger partial charge in [0.1, 0.15) is 0 Å². The van der Waals surface area contributed by atoms with Gasteiger partial charge in [0.25, 0.3) is 5.91 Å². The number of nitrogen functional groups attached to an aromatic ring is 1. The molecule has 0 radical (unpaired) electrons. The summed E-state index contributed by atoms with van der Waals surface area (Å²) >= 11 is 11.9. The largest absolute Gasteiger partial charge is 0.399 e. The van der Waals surface area contributed by atoms with Crippen LogP contribution in [-0.2, 0) is 0 Å². The maximum absolute atomic E-state index is 12.1. The van der Waals surface area contributed by atoms with Crippen LogP contribution < -0.4 is 11.1 Å². The third-order valence-corrected chi connectivity index (χ3v) is 4.19. The van der Waals surface area contributed by atoms with Gasteiger partial charge in [-0.2, -0.15) is 0 Å². The molecule has 3 N–H and O–H groups in total. The van der Waals surface area contributed by atoms with Crippen molar-refractivity contribution in [2.24, 2.45) is 0 Å². The number of amides is 1. The van der Waals surface area contributed by atoms with Crippen molar-refractivity contribution in [3.05, 3.63) is 27.7 Å². The van der Waals surface area contributed by atoms with E-state index in [1.807, 2.05) is 7.05 Å². The van der Waals surface area contributed by atoms with E-state index in [1.165, 1.54) is 12.1 Å². The van der Waals surface area contributed by atoms with Crippen molar-refractivity contribution in [2.45, 2.75) is 26.3 Å². The quantitative estimate of drug-likeness (QED) is 0.793. The first-order chi connectivity index (χ1) is 9.36. The van der Waals surface area contributed by atoms with E-state index in [4.69, 9.17) is 28.9 Å². The molecule has 0 saturated carbocycles. The first-order valence-electron chi connectivity index (χ1n) is 6.59. The summed E-state index contributed by atoms with van der Waals surface area (Å²) < 4.78 is 0. The van der Waals surface area contributed by atoms with E-state index in [-0.39, 0.29) is 16.0 Å². The van der Waals surface area contributed by atoms with Crippen LogP contribution in [-0.4, -0.2) is 37.0 Å². The normalized spacial score (nSPS) is 12.5. The Morgan fingerprint density at radius 1 is 1.45 bits per heavy atom. The van der Waals surface area contributed by atoms with Gasteiger partial charge in [-0.05, 0) is 32.5 Å².